The molecule has 0 aliphatic heterocycles. The molecule has 0 aliphatic carbocycles. The van der Waals surface area contributed by atoms with Crippen LogP contribution in [0.3, 0.4) is 0 Å². The first-order valence-electron chi connectivity index (χ1n) is 19.6. The molecule has 3 heteroatoms. The van der Waals surface area contributed by atoms with Gasteiger partial charge >= 0.3 is 0 Å². The zero-order valence-electron chi connectivity index (χ0n) is 30.8. The minimum Gasteiger partial charge on any atom is -0.453 e. The molecule has 57 heavy (non-hydrogen) atoms. The lowest BCUT2D eigenvalue weighted by Crippen LogP contribution is -1.95. The van der Waals surface area contributed by atoms with Crippen LogP contribution in [0, 0.1) is 0 Å². The van der Waals surface area contributed by atoms with Gasteiger partial charge in [-0.1, -0.05) is 133 Å². The van der Waals surface area contributed by atoms with Crippen molar-refractivity contribution in [1.82, 2.24) is 9.13 Å². The Kier molecular flexibility index (Phi) is 6.16. The molecule has 0 fully saturated rings. The predicted molar refractivity (Wildman–Crippen MR) is 239 cm³/mol. The van der Waals surface area contributed by atoms with Gasteiger partial charge < -0.3 is 13.6 Å². The maximum atomic E-state index is 7.20. The molecule has 0 N–H and O–H groups in total. The molecule has 0 saturated heterocycles. The number of rotatable bonds is 4. The zero-order valence-corrected chi connectivity index (χ0v) is 30.8. The summed E-state index contributed by atoms with van der Waals surface area (Å²) in [6, 6.07) is 70.5. The van der Waals surface area contributed by atoms with Crippen LogP contribution in [0.5, 0.6) is 0 Å². The molecule has 13 aromatic rings. The maximum absolute atomic E-state index is 7.20. The second-order valence-corrected chi connectivity index (χ2v) is 15.2. The van der Waals surface area contributed by atoms with Crippen molar-refractivity contribution < 1.29 is 4.42 Å². The van der Waals surface area contributed by atoms with Gasteiger partial charge in [0, 0.05) is 43.6 Å². The highest BCUT2D eigenvalue weighted by Crippen LogP contribution is 2.48. The van der Waals surface area contributed by atoms with E-state index in [9.17, 15) is 0 Å². The first kappa shape index (κ1) is 30.7. The highest BCUT2D eigenvalue weighted by Gasteiger charge is 2.24. The molecule has 0 bridgehead atoms. The number of hydrogen-bond acceptors (Lipinski definition) is 1. The van der Waals surface area contributed by atoms with Gasteiger partial charge in [0.2, 0.25) is 0 Å². The van der Waals surface area contributed by atoms with Gasteiger partial charge in [-0.15, -0.1) is 0 Å². The predicted octanol–water partition coefficient (Wildman–Crippen LogP) is 14.9. The Balaban J connectivity index is 1.06. The topological polar surface area (TPSA) is 23.0 Å². The summed E-state index contributed by atoms with van der Waals surface area (Å²) in [5, 5.41) is 12.2. The van der Waals surface area contributed by atoms with E-state index in [1.54, 1.807) is 0 Å². The number of furan rings is 1. The smallest absolute Gasteiger partial charge is 0.160 e. The van der Waals surface area contributed by atoms with Crippen LogP contribution in [-0.2, 0) is 0 Å². The van der Waals surface area contributed by atoms with Gasteiger partial charge in [-0.25, -0.2) is 0 Å². The second kappa shape index (κ2) is 11.5. The summed E-state index contributed by atoms with van der Waals surface area (Å²) in [5.74, 6) is 0. The molecule has 0 atom stereocenters. The molecule has 0 unspecified atom stereocenters. The largest absolute Gasteiger partial charge is 0.453 e. The van der Waals surface area contributed by atoms with Gasteiger partial charge in [0.15, 0.2) is 5.58 Å². The average molecular weight is 725 g/mol. The van der Waals surface area contributed by atoms with Crippen molar-refractivity contribution in [2.45, 2.75) is 0 Å². The van der Waals surface area contributed by atoms with Crippen molar-refractivity contribution in [2.24, 2.45) is 0 Å². The molecule has 264 valence electrons. The molecule has 0 amide bonds. The van der Waals surface area contributed by atoms with Crippen LogP contribution in [0.25, 0.3) is 121 Å². The van der Waals surface area contributed by atoms with Gasteiger partial charge in [-0.3, -0.25) is 0 Å². The Morgan fingerprint density at radius 2 is 0.789 bits per heavy atom. The summed E-state index contributed by atoms with van der Waals surface area (Å²) in [6.45, 7) is 0. The van der Waals surface area contributed by atoms with Crippen molar-refractivity contribution in [3.05, 3.63) is 194 Å². The highest BCUT2D eigenvalue weighted by atomic mass is 16.3. The summed E-state index contributed by atoms with van der Waals surface area (Å²) >= 11 is 0. The van der Waals surface area contributed by atoms with Crippen LogP contribution in [0.1, 0.15) is 0 Å². The molecular formula is C54H32N2O. The van der Waals surface area contributed by atoms with Crippen LogP contribution < -0.4 is 0 Å². The lowest BCUT2D eigenvalue weighted by molar-refractivity contribution is 0.668. The fourth-order valence-electron chi connectivity index (χ4n) is 9.80. The van der Waals surface area contributed by atoms with E-state index < -0.39 is 0 Å². The van der Waals surface area contributed by atoms with Crippen molar-refractivity contribution in [3.8, 4) is 33.6 Å². The van der Waals surface area contributed by atoms with Crippen LogP contribution in [0.4, 0.5) is 0 Å². The number of nitrogens with zero attached hydrogens (tertiary/aromatic N) is 2. The first-order chi connectivity index (χ1) is 28.3. The zero-order chi connectivity index (χ0) is 37.2. The SMILES string of the molecule is c1ccc(-c2ccc3c4ccccc4c4ccc(-n5c6ccccc6c6cc(-c7ccc8c(c7)c7ccccc7n8-c7ccccc7)ccc65)c5oc2c3c54)cc1. The first-order valence-corrected chi connectivity index (χ1v) is 19.6. The van der Waals surface area contributed by atoms with Gasteiger partial charge in [0.05, 0.1) is 27.8 Å². The minimum absolute atomic E-state index is 0.911. The van der Waals surface area contributed by atoms with Gasteiger partial charge in [-0.2, -0.15) is 0 Å². The van der Waals surface area contributed by atoms with Crippen LogP contribution in [-0.4, -0.2) is 9.13 Å². The van der Waals surface area contributed by atoms with Crippen LogP contribution >= 0.6 is 0 Å². The maximum Gasteiger partial charge on any atom is 0.160 e. The molecule has 13 rings (SSSR count). The van der Waals surface area contributed by atoms with E-state index in [2.05, 4.69) is 203 Å². The highest BCUT2D eigenvalue weighted by molar-refractivity contribution is 6.35. The van der Waals surface area contributed by atoms with E-state index in [0.29, 0.717) is 0 Å². The molecule has 0 aliphatic rings. The fraction of sp³-hybridized carbons (Fsp3) is 0. The van der Waals surface area contributed by atoms with Crippen molar-refractivity contribution in [2.75, 3.05) is 0 Å². The Morgan fingerprint density at radius 3 is 1.44 bits per heavy atom. The van der Waals surface area contributed by atoms with E-state index in [4.69, 9.17) is 4.42 Å². The Hall–Kier alpha value is -7.62. The van der Waals surface area contributed by atoms with Gasteiger partial charge in [0.25, 0.3) is 0 Å². The second-order valence-electron chi connectivity index (χ2n) is 15.2. The molecule has 0 radical (unpaired) electrons. The van der Waals surface area contributed by atoms with E-state index >= 15 is 0 Å². The van der Waals surface area contributed by atoms with Gasteiger partial charge in [0.1, 0.15) is 5.58 Å². The molecule has 3 nitrogen and oxygen atoms in total. The minimum atomic E-state index is 0.911. The van der Waals surface area contributed by atoms with Gasteiger partial charge in [-0.05, 0) is 98.9 Å². The molecule has 3 aromatic heterocycles. The number of hydrogen-bond donors (Lipinski definition) is 0. The number of aromatic nitrogens is 2. The van der Waals surface area contributed by atoms with E-state index in [0.717, 1.165) is 39.0 Å². The Morgan fingerprint density at radius 1 is 0.298 bits per heavy atom. The summed E-state index contributed by atoms with van der Waals surface area (Å²) in [4.78, 5) is 0. The Labute approximate surface area is 327 Å². The molecule has 10 aromatic carbocycles. The lowest BCUT2D eigenvalue weighted by atomic mass is 9.91. The van der Waals surface area contributed by atoms with E-state index in [1.165, 1.54) is 81.7 Å². The summed E-state index contributed by atoms with van der Waals surface area (Å²) in [7, 11) is 0. The van der Waals surface area contributed by atoms with E-state index in [1.807, 2.05) is 0 Å². The standard InChI is InChI=1S/C54H32N2O/c1-3-13-33(14-4-1)37-25-26-42-38-17-7-8-18-39(38)43-27-30-50(54-52(43)51(42)53(37)57-54)56-47-22-12-10-20-41(47)45-32-35(24-29-49(45)56)34-23-28-48-44(31-34)40-19-9-11-21-46(40)55(48)36-15-5-2-6-16-36/h1-32H. The summed E-state index contributed by atoms with van der Waals surface area (Å²) in [6.07, 6.45) is 0. The third-order valence-electron chi connectivity index (χ3n) is 12.3. The van der Waals surface area contributed by atoms with Crippen molar-refractivity contribution in [3.63, 3.8) is 0 Å². The van der Waals surface area contributed by atoms with Crippen molar-refractivity contribution in [1.29, 1.82) is 0 Å². The normalized spacial score (nSPS) is 12.2. The number of benzene rings is 10. The average Bonchev–Trinajstić information content (AvgIpc) is 3.95. The molecule has 0 saturated carbocycles. The number of fused-ring (bicyclic) bond motifs is 9. The summed E-state index contributed by atoms with van der Waals surface area (Å²) < 4.78 is 12.0. The quantitative estimate of drug-likeness (QED) is 0.166. The third kappa shape index (κ3) is 4.20. The van der Waals surface area contributed by atoms with Crippen molar-refractivity contribution >= 4 is 87.1 Å². The molecular weight excluding hydrogens is 693 g/mol. The monoisotopic (exact) mass is 724 g/mol. The number of para-hydroxylation sites is 3. The Bertz CT molecular complexity index is 3730. The van der Waals surface area contributed by atoms with Crippen LogP contribution in [0.2, 0.25) is 0 Å². The fourth-order valence-corrected chi connectivity index (χ4v) is 9.80. The summed E-state index contributed by atoms with van der Waals surface area (Å²) in [5.41, 5.74) is 13.4. The third-order valence-corrected chi connectivity index (χ3v) is 12.3. The van der Waals surface area contributed by atoms with Crippen LogP contribution in [0.15, 0.2) is 199 Å². The lowest BCUT2D eigenvalue weighted by Gasteiger charge is -2.12. The molecule has 0 spiro atoms. The molecule has 3 heterocycles. The van der Waals surface area contributed by atoms with E-state index in [-0.39, 0.29) is 0 Å².